The van der Waals surface area contributed by atoms with Gasteiger partial charge in [0.2, 0.25) is 11.7 Å². The summed E-state index contributed by atoms with van der Waals surface area (Å²) in [6.45, 7) is 1.30. The Morgan fingerprint density at radius 3 is 2.50 bits per heavy atom. The molecule has 1 N–H and O–H groups in total. The van der Waals surface area contributed by atoms with Gasteiger partial charge in [0.1, 0.15) is 11.2 Å². The zero-order valence-electron chi connectivity index (χ0n) is 16.2. The molecule has 1 aliphatic heterocycles. The largest absolute Gasteiger partial charge is 0.325 e. The van der Waals surface area contributed by atoms with Crippen molar-refractivity contribution in [1.29, 1.82) is 0 Å². The molecule has 1 saturated carbocycles. The maximum atomic E-state index is 13.5. The maximum Gasteiger partial charge on any atom is 0.325 e. The highest BCUT2D eigenvalue weighted by Crippen LogP contribution is 2.41. The van der Waals surface area contributed by atoms with Crippen LogP contribution in [0.5, 0.6) is 0 Å². The van der Waals surface area contributed by atoms with Crippen LogP contribution in [0.3, 0.4) is 0 Å². The number of hydrogen-bond acceptors (Lipinski definition) is 6. The lowest BCUT2D eigenvalue weighted by atomic mass is 9.80. The summed E-state index contributed by atoms with van der Waals surface area (Å²) < 4.78 is 26.9. The Labute approximate surface area is 170 Å². The first kappa shape index (κ1) is 20.0. The fourth-order valence-electron chi connectivity index (χ4n) is 3.79. The van der Waals surface area contributed by atoms with E-state index in [-0.39, 0.29) is 18.5 Å². The third kappa shape index (κ3) is 3.53. The lowest BCUT2D eigenvalue weighted by Gasteiger charge is -2.34. The van der Waals surface area contributed by atoms with E-state index in [0.29, 0.717) is 5.69 Å². The van der Waals surface area contributed by atoms with E-state index in [1.807, 2.05) is 13.0 Å². The number of carbonyl (C=O) groups excluding carboxylic acids is 3. The predicted octanol–water partition coefficient (Wildman–Crippen LogP) is 2.53. The van der Waals surface area contributed by atoms with Crippen molar-refractivity contribution in [2.24, 2.45) is 0 Å². The molecule has 1 aliphatic carbocycles. The summed E-state index contributed by atoms with van der Waals surface area (Å²) in [5.74, 6) is -4.06. The average molecular weight is 415 g/mol. The summed E-state index contributed by atoms with van der Waals surface area (Å²) in [4.78, 5) is 50.9. The molecular weight excluding hydrogens is 396 g/mol. The number of halogens is 2. The van der Waals surface area contributed by atoms with Gasteiger partial charge in [0.05, 0.1) is 24.6 Å². The standard InChI is InChI=1S/C20H19F2N5O3/c1-12-13(3-2-8-23-12)14-9-25-15(10-24-14)16(28)11-27-17(29)19(26-18(27)30)4-6-20(21,22)7-5-19/h2-3,8-10H,4-7,11H2,1H3,(H,26,30). The fraction of sp³-hybridized carbons (Fsp3) is 0.400. The van der Waals surface area contributed by atoms with Gasteiger partial charge in [0.15, 0.2) is 0 Å². The molecule has 30 heavy (non-hydrogen) atoms. The van der Waals surface area contributed by atoms with Crippen LogP contribution in [-0.4, -0.2) is 55.6 Å². The molecule has 4 rings (SSSR count). The number of alkyl halides is 2. The van der Waals surface area contributed by atoms with Gasteiger partial charge in [-0.25, -0.2) is 18.6 Å². The van der Waals surface area contributed by atoms with Gasteiger partial charge < -0.3 is 5.32 Å². The van der Waals surface area contributed by atoms with E-state index in [1.54, 1.807) is 12.3 Å². The Morgan fingerprint density at radius 1 is 1.13 bits per heavy atom. The highest BCUT2D eigenvalue weighted by molar-refractivity contribution is 6.10. The van der Waals surface area contributed by atoms with Crippen molar-refractivity contribution >= 4 is 17.7 Å². The molecule has 2 aromatic rings. The van der Waals surface area contributed by atoms with E-state index < -0.39 is 48.6 Å². The lowest BCUT2D eigenvalue weighted by Crippen LogP contribution is -2.51. The van der Waals surface area contributed by atoms with Gasteiger partial charge in [-0.15, -0.1) is 0 Å². The van der Waals surface area contributed by atoms with Gasteiger partial charge in [-0.2, -0.15) is 0 Å². The minimum absolute atomic E-state index is 0.00276. The SMILES string of the molecule is Cc1ncccc1-c1cnc(C(=O)CN2C(=O)NC3(CCC(F)(F)CC3)C2=O)cn1. The van der Waals surface area contributed by atoms with Gasteiger partial charge in [-0.3, -0.25) is 24.5 Å². The first-order valence-electron chi connectivity index (χ1n) is 9.50. The number of aryl methyl sites for hydroxylation is 1. The first-order chi connectivity index (χ1) is 14.2. The highest BCUT2D eigenvalue weighted by Gasteiger charge is 2.55. The second-order valence-electron chi connectivity index (χ2n) is 7.61. The molecule has 10 heteroatoms. The summed E-state index contributed by atoms with van der Waals surface area (Å²) in [5, 5.41) is 2.51. The number of carbonyl (C=O) groups is 3. The molecule has 2 fully saturated rings. The Balaban J connectivity index is 1.47. The Kier molecular flexibility index (Phi) is 4.79. The van der Waals surface area contributed by atoms with E-state index in [0.717, 1.165) is 16.2 Å². The summed E-state index contributed by atoms with van der Waals surface area (Å²) in [5.41, 5.74) is 0.709. The monoisotopic (exact) mass is 415 g/mol. The number of nitrogens with zero attached hydrogens (tertiary/aromatic N) is 4. The quantitative estimate of drug-likeness (QED) is 0.608. The molecular formula is C20H19F2N5O3. The normalized spacial score (nSPS) is 19.8. The molecule has 0 aromatic carbocycles. The highest BCUT2D eigenvalue weighted by atomic mass is 19.3. The molecule has 0 atom stereocenters. The van der Waals surface area contributed by atoms with E-state index in [2.05, 4.69) is 20.3 Å². The van der Waals surface area contributed by atoms with Crippen molar-refractivity contribution in [2.75, 3.05) is 6.54 Å². The Bertz CT molecular complexity index is 1020. The molecule has 2 aromatic heterocycles. The Morgan fingerprint density at radius 2 is 1.87 bits per heavy atom. The van der Waals surface area contributed by atoms with Crippen LogP contribution in [-0.2, 0) is 4.79 Å². The van der Waals surface area contributed by atoms with Crippen LogP contribution in [0.15, 0.2) is 30.7 Å². The molecule has 3 heterocycles. The third-order valence-electron chi connectivity index (χ3n) is 5.60. The van der Waals surface area contributed by atoms with E-state index in [4.69, 9.17) is 0 Å². The zero-order chi connectivity index (χ0) is 21.5. The summed E-state index contributed by atoms with van der Waals surface area (Å²) in [6, 6.07) is 2.83. The van der Waals surface area contributed by atoms with Crippen LogP contribution < -0.4 is 5.32 Å². The first-order valence-corrected chi connectivity index (χ1v) is 9.50. The molecule has 1 spiro atoms. The molecule has 0 unspecified atom stereocenters. The molecule has 0 radical (unpaired) electrons. The van der Waals surface area contributed by atoms with Crippen LogP contribution in [0.1, 0.15) is 41.9 Å². The van der Waals surface area contributed by atoms with Crippen LogP contribution in [0.25, 0.3) is 11.3 Å². The number of rotatable bonds is 4. The van der Waals surface area contributed by atoms with E-state index in [1.165, 1.54) is 12.4 Å². The zero-order valence-corrected chi connectivity index (χ0v) is 16.2. The van der Waals surface area contributed by atoms with Crippen LogP contribution >= 0.6 is 0 Å². The van der Waals surface area contributed by atoms with Gasteiger partial charge in [0, 0.05) is 30.3 Å². The lowest BCUT2D eigenvalue weighted by molar-refractivity contribution is -0.135. The number of urea groups is 1. The number of imide groups is 1. The number of amides is 3. The van der Waals surface area contributed by atoms with Crippen molar-refractivity contribution in [3.8, 4) is 11.3 Å². The molecule has 156 valence electrons. The van der Waals surface area contributed by atoms with Gasteiger partial charge in [-0.05, 0) is 31.9 Å². The number of nitrogens with one attached hydrogen (secondary N) is 1. The number of hydrogen-bond donors (Lipinski definition) is 1. The fourth-order valence-corrected chi connectivity index (χ4v) is 3.79. The van der Waals surface area contributed by atoms with E-state index in [9.17, 15) is 23.2 Å². The molecule has 1 saturated heterocycles. The van der Waals surface area contributed by atoms with Crippen molar-refractivity contribution < 1.29 is 23.2 Å². The van der Waals surface area contributed by atoms with Crippen molar-refractivity contribution in [3.63, 3.8) is 0 Å². The van der Waals surface area contributed by atoms with Crippen LogP contribution in [0.2, 0.25) is 0 Å². The second kappa shape index (κ2) is 7.19. The van der Waals surface area contributed by atoms with Gasteiger partial charge in [0.25, 0.3) is 5.91 Å². The van der Waals surface area contributed by atoms with Crippen molar-refractivity contribution in [3.05, 3.63) is 42.1 Å². The van der Waals surface area contributed by atoms with Crippen molar-refractivity contribution in [1.82, 2.24) is 25.2 Å². The summed E-state index contributed by atoms with van der Waals surface area (Å²) in [7, 11) is 0. The minimum Gasteiger partial charge on any atom is -0.323 e. The summed E-state index contributed by atoms with van der Waals surface area (Å²) >= 11 is 0. The van der Waals surface area contributed by atoms with Crippen LogP contribution in [0.4, 0.5) is 13.6 Å². The van der Waals surface area contributed by atoms with E-state index >= 15 is 0 Å². The molecule has 8 nitrogen and oxygen atoms in total. The summed E-state index contributed by atoms with van der Waals surface area (Å²) in [6.07, 6.45) is 3.07. The minimum atomic E-state index is -2.84. The molecule has 2 aliphatic rings. The van der Waals surface area contributed by atoms with Gasteiger partial charge in [-0.1, -0.05) is 0 Å². The van der Waals surface area contributed by atoms with Gasteiger partial charge >= 0.3 is 6.03 Å². The van der Waals surface area contributed by atoms with Crippen molar-refractivity contribution in [2.45, 2.75) is 44.1 Å². The van der Waals surface area contributed by atoms with Crippen LogP contribution in [0, 0.1) is 6.92 Å². The molecule has 0 bridgehead atoms. The predicted molar refractivity (Wildman–Crippen MR) is 101 cm³/mol. The smallest absolute Gasteiger partial charge is 0.323 e. The number of pyridine rings is 1. The number of aromatic nitrogens is 3. The average Bonchev–Trinajstić information content (AvgIpc) is 2.95. The topological polar surface area (TPSA) is 105 Å². The maximum absolute atomic E-state index is 13.5. The Hall–Kier alpha value is -3.30. The molecule has 3 amide bonds. The third-order valence-corrected chi connectivity index (χ3v) is 5.60. The number of Topliss-reactive ketones (excluding diaryl/α,β-unsaturated/α-hetero) is 1. The number of ketones is 1. The second-order valence-corrected chi connectivity index (χ2v) is 7.61.